The van der Waals surface area contributed by atoms with Gasteiger partial charge in [-0.15, -0.1) is 0 Å². The van der Waals surface area contributed by atoms with Crippen LogP contribution in [0.15, 0.2) is 0 Å². The summed E-state index contributed by atoms with van der Waals surface area (Å²) >= 11 is 0. The van der Waals surface area contributed by atoms with Crippen molar-refractivity contribution in [1.29, 1.82) is 0 Å². The van der Waals surface area contributed by atoms with Gasteiger partial charge in [-0.05, 0) is 25.7 Å². The van der Waals surface area contributed by atoms with Crippen LogP contribution in [0.3, 0.4) is 0 Å². The Morgan fingerprint density at radius 3 is 2.56 bits per heavy atom. The van der Waals surface area contributed by atoms with Crippen LogP contribution in [0.25, 0.3) is 0 Å². The van der Waals surface area contributed by atoms with Gasteiger partial charge in [0.25, 0.3) is 0 Å². The van der Waals surface area contributed by atoms with Crippen LogP contribution in [0.1, 0.15) is 32.1 Å². The lowest BCUT2D eigenvalue weighted by Gasteiger charge is -2.34. The van der Waals surface area contributed by atoms with Crippen LogP contribution in [0.4, 0.5) is 0 Å². The fourth-order valence-corrected chi connectivity index (χ4v) is 4.11. The van der Waals surface area contributed by atoms with E-state index in [1.54, 1.807) is 0 Å². The highest BCUT2D eigenvalue weighted by molar-refractivity contribution is 7.91. The second-order valence-electron chi connectivity index (χ2n) is 5.21. The fraction of sp³-hybridized carbons (Fsp3) is 1.00. The zero-order valence-electron chi connectivity index (χ0n) is 9.80. The molecular formula is C11H21NO3S. The first-order valence-electron chi connectivity index (χ1n) is 6.08. The molecule has 2 fully saturated rings. The molecule has 1 aliphatic carbocycles. The lowest BCUT2D eigenvalue weighted by atomic mass is 9.94. The molecule has 1 heterocycles. The van der Waals surface area contributed by atoms with E-state index in [4.69, 9.17) is 0 Å². The van der Waals surface area contributed by atoms with Gasteiger partial charge >= 0.3 is 0 Å². The normalized spacial score (nSPS) is 37.8. The summed E-state index contributed by atoms with van der Waals surface area (Å²) in [5, 5.41) is 9.33. The van der Waals surface area contributed by atoms with Crippen LogP contribution >= 0.6 is 0 Å². The number of sulfone groups is 1. The first-order chi connectivity index (χ1) is 7.47. The van der Waals surface area contributed by atoms with Crippen molar-refractivity contribution in [2.24, 2.45) is 0 Å². The molecule has 1 aliphatic heterocycles. The van der Waals surface area contributed by atoms with E-state index in [0.717, 1.165) is 45.2 Å². The Bertz CT molecular complexity index is 341. The van der Waals surface area contributed by atoms with Gasteiger partial charge in [0.2, 0.25) is 0 Å². The van der Waals surface area contributed by atoms with Gasteiger partial charge < -0.3 is 5.11 Å². The molecule has 0 spiro atoms. The molecule has 1 saturated carbocycles. The average Bonchev–Trinajstić information content (AvgIpc) is 2.64. The van der Waals surface area contributed by atoms with Crippen molar-refractivity contribution in [1.82, 2.24) is 4.90 Å². The molecule has 94 valence electrons. The van der Waals surface area contributed by atoms with Crippen LogP contribution < -0.4 is 0 Å². The highest BCUT2D eigenvalue weighted by Crippen LogP contribution is 2.29. The Balaban J connectivity index is 1.97. The van der Waals surface area contributed by atoms with Crippen molar-refractivity contribution in [2.45, 2.75) is 49.5 Å². The van der Waals surface area contributed by atoms with E-state index < -0.39 is 9.84 Å². The van der Waals surface area contributed by atoms with Crippen molar-refractivity contribution in [3.05, 3.63) is 0 Å². The third-order valence-electron chi connectivity index (χ3n) is 3.92. The maximum atomic E-state index is 11.5. The van der Waals surface area contributed by atoms with E-state index in [1.165, 1.54) is 6.26 Å². The van der Waals surface area contributed by atoms with E-state index in [-0.39, 0.29) is 11.4 Å². The molecule has 1 saturated heterocycles. The Labute approximate surface area is 97.6 Å². The second-order valence-corrected chi connectivity index (χ2v) is 7.54. The number of β-amino-alcohol motifs (C(OH)–C–C–N with tert-alkyl or cyclic N) is 1. The van der Waals surface area contributed by atoms with Crippen LogP contribution in [0.5, 0.6) is 0 Å². The molecule has 0 bridgehead atoms. The van der Waals surface area contributed by atoms with Crippen molar-refractivity contribution in [2.75, 3.05) is 19.3 Å². The summed E-state index contributed by atoms with van der Waals surface area (Å²) in [6.07, 6.45) is 5.61. The highest BCUT2D eigenvalue weighted by atomic mass is 32.2. The molecule has 2 rings (SSSR count). The van der Waals surface area contributed by atoms with Crippen molar-refractivity contribution < 1.29 is 13.5 Å². The monoisotopic (exact) mass is 247 g/mol. The predicted molar refractivity (Wildman–Crippen MR) is 63.1 cm³/mol. The van der Waals surface area contributed by atoms with Crippen molar-refractivity contribution in [3.8, 4) is 0 Å². The number of likely N-dealkylation sites (tertiary alicyclic amines) is 1. The minimum absolute atomic E-state index is 0.163. The molecule has 0 aromatic heterocycles. The van der Waals surface area contributed by atoms with Gasteiger partial charge in [-0.1, -0.05) is 6.42 Å². The van der Waals surface area contributed by atoms with Crippen LogP contribution in [-0.4, -0.2) is 55.2 Å². The summed E-state index contributed by atoms with van der Waals surface area (Å²) in [5.74, 6) is 0. The Morgan fingerprint density at radius 1 is 1.25 bits per heavy atom. The first kappa shape index (κ1) is 12.3. The lowest BCUT2D eigenvalue weighted by Crippen LogP contribution is -2.41. The van der Waals surface area contributed by atoms with Crippen molar-refractivity contribution >= 4 is 9.84 Å². The van der Waals surface area contributed by atoms with Crippen molar-refractivity contribution in [3.63, 3.8) is 0 Å². The van der Waals surface area contributed by atoms with E-state index in [9.17, 15) is 13.5 Å². The average molecular weight is 247 g/mol. The summed E-state index contributed by atoms with van der Waals surface area (Å²) < 4.78 is 23.1. The molecule has 1 N–H and O–H groups in total. The smallest absolute Gasteiger partial charge is 0.150 e. The quantitative estimate of drug-likeness (QED) is 0.768. The molecule has 3 atom stereocenters. The van der Waals surface area contributed by atoms with Crippen LogP contribution in [0.2, 0.25) is 0 Å². The Morgan fingerprint density at radius 2 is 2.00 bits per heavy atom. The summed E-state index contributed by atoms with van der Waals surface area (Å²) in [6.45, 7) is 1.64. The number of hydrogen-bond donors (Lipinski definition) is 1. The summed E-state index contributed by atoms with van der Waals surface area (Å²) in [6, 6.07) is 0.366. The first-order valence-corrected chi connectivity index (χ1v) is 8.03. The van der Waals surface area contributed by atoms with E-state index in [1.807, 2.05) is 0 Å². The third-order valence-corrected chi connectivity index (χ3v) is 5.55. The third kappa shape index (κ3) is 2.76. The topological polar surface area (TPSA) is 57.6 Å². The molecule has 0 radical (unpaired) electrons. The molecule has 0 aromatic carbocycles. The summed E-state index contributed by atoms with van der Waals surface area (Å²) in [7, 11) is -2.89. The number of nitrogens with zero attached hydrogens (tertiary/aromatic N) is 1. The molecule has 16 heavy (non-hydrogen) atoms. The molecule has 5 heteroatoms. The lowest BCUT2D eigenvalue weighted by molar-refractivity contribution is 0.143. The molecular weight excluding hydrogens is 226 g/mol. The summed E-state index contributed by atoms with van der Waals surface area (Å²) in [4.78, 5) is 2.27. The largest absolute Gasteiger partial charge is 0.392 e. The molecule has 0 aromatic rings. The summed E-state index contributed by atoms with van der Waals surface area (Å²) in [5.41, 5.74) is 0. The van der Waals surface area contributed by atoms with Crippen LogP contribution in [0, 0.1) is 0 Å². The van der Waals surface area contributed by atoms with E-state index in [0.29, 0.717) is 6.04 Å². The van der Waals surface area contributed by atoms with Gasteiger partial charge in [-0.3, -0.25) is 4.90 Å². The maximum absolute atomic E-state index is 11.5. The number of aliphatic hydroxyl groups excluding tert-OH is 1. The van der Waals surface area contributed by atoms with E-state index >= 15 is 0 Å². The highest BCUT2D eigenvalue weighted by Gasteiger charge is 2.34. The maximum Gasteiger partial charge on any atom is 0.150 e. The van der Waals surface area contributed by atoms with Gasteiger partial charge in [0.1, 0.15) is 9.84 Å². The standard InChI is InChI=1S/C11H21NO3S/c1-16(14,15)11-4-2-3-9(7-11)12-6-5-10(13)8-12/h9-11,13H,2-8H2,1H3. The zero-order chi connectivity index (χ0) is 11.8. The van der Waals surface area contributed by atoms with E-state index in [2.05, 4.69) is 4.90 Å². The molecule has 2 aliphatic rings. The van der Waals surface area contributed by atoms with Gasteiger partial charge in [-0.25, -0.2) is 8.42 Å². The molecule has 3 unspecified atom stereocenters. The Hall–Kier alpha value is -0.130. The van der Waals surface area contributed by atoms with Gasteiger partial charge in [0.15, 0.2) is 0 Å². The molecule has 4 nitrogen and oxygen atoms in total. The molecule has 0 amide bonds. The SMILES string of the molecule is CS(=O)(=O)C1CCCC(N2CCC(O)C2)C1. The minimum Gasteiger partial charge on any atom is -0.392 e. The van der Waals surface area contributed by atoms with Crippen LogP contribution in [-0.2, 0) is 9.84 Å². The van der Waals surface area contributed by atoms with Gasteiger partial charge in [0, 0.05) is 25.4 Å². The van der Waals surface area contributed by atoms with Gasteiger partial charge in [-0.2, -0.15) is 0 Å². The zero-order valence-corrected chi connectivity index (χ0v) is 10.6. The second kappa shape index (κ2) is 4.63. The fourth-order valence-electron chi connectivity index (χ4n) is 2.94. The number of hydrogen-bond acceptors (Lipinski definition) is 4. The van der Waals surface area contributed by atoms with Gasteiger partial charge in [0.05, 0.1) is 11.4 Å². The number of rotatable bonds is 2. The Kier molecular flexibility index (Phi) is 3.56. The minimum atomic E-state index is -2.89. The predicted octanol–water partition coefficient (Wildman–Crippen LogP) is 0.409. The number of aliphatic hydroxyl groups is 1.